The highest BCUT2D eigenvalue weighted by atomic mass is 127. The van der Waals surface area contributed by atoms with E-state index in [0.29, 0.717) is 14.3 Å². The van der Waals surface area contributed by atoms with Crippen molar-refractivity contribution >= 4 is 45.8 Å². The highest BCUT2D eigenvalue weighted by Crippen LogP contribution is 2.24. The molecular formula is C13H8ClFINO2. The van der Waals surface area contributed by atoms with Gasteiger partial charge in [-0.25, -0.2) is 4.39 Å². The van der Waals surface area contributed by atoms with Gasteiger partial charge >= 0.3 is 0 Å². The molecule has 19 heavy (non-hydrogen) atoms. The Hall–Kier alpha value is -1.34. The van der Waals surface area contributed by atoms with Crippen molar-refractivity contribution in [2.24, 2.45) is 0 Å². The third-order valence-electron chi connectivity index (χ3n) is 2.38. The SMILES string of the molecule is O=C(Nc1ccc(F)cc1I)c1cc(Cl)ccc1O. The van der Waals surface area contributed by atoms with Gasteiger partial charge in [0.05, 0.1) is 11.3 Å². The number of hydrogen-bond acceptors (Lipinski definition) is 2. The summed E-state index contributed by atoms with van der Waals surface area (Å²) >= 11 is 7.68. The lowest BCUT2D eigenvalue weighted by molar-refractivity contribution is 0.102. The zero-order chi connectivity index (χ0) is 14.0. The Bertz CT molecular complexity index is 649. The van der Waals surface area contributed by atoms with Gasteiger partial charge in [-0.1, -0.05) is 11.6 Å². The average molecular weight is 392 g/mol. The van der Waals surface area contributed by atoms with Crippen LogP contribution in [0.3, 0.4) is 0 Å². The zero-order valence-electron chi connectivity index (χ0n) is 9.45. The number of anilines is 1. The van der Waals surface area contributed by atoms with Crippen molar-refractivity contribution in [1.29, 1.82) is 0 Å². The van der Waals surface area contributed by atoms with Crippen LogP contribution in [0.25, 0.3) is 0 Å². The van der Waals surface area contributed by atoms with Crippen molar-refractivity contribution in [1.82, 2.24) is 0 Å². The lowest BCUT2D eigenvalue weighted by atomic mass is 10.2. The molecule has 0 saturated heterocycles. The lowest BCUT2D eigenvalue weighted by Crippen LogP contribution is -2.13. The topological polar surface area (TPSA) is 49.3 Å². The van der Waals surface area contributed by atoms with E-state index in [9.17, 15) is 14.3 Å². The number of benzene rings is 2. The molecule has 0 aliphatic rings. The van der Waals surface area contributed by atoms with E-state index in [2.05, 4.69) is 5.32 Å². The zero-order valence-corrected chi connectivity index (χ0v) is 12.4. The molecule has 2 aromatic rings. The molecule has 0 spiro atoms. The van der Waals surface area contributed by atoms with Crippen LogP contribution in [0.1, 0.15) is 10.4 Å². The molecule has 2 aromatic carbocycles. The number of phenols is 1. The number of amides is 1. The number of aromatic hydroxyl groups is 1. The third-order valence-corrected chi connectivity index (χ3v) is 3.51. The Morgan fingerprint density at radius 1 is 1.26 bits per heavy atom. The molecule has 0 atom stereocenters. The maximum absolute atomic E-state index is 12.9. The molecule has 6 heteroatoms. The summed E-state index contributed by atoms with van der Waals surface area (Å²) in [4.78, 5) is 12.0. The van der Waals surface area contributed by atoms with Crippen LogP contribution in [-0.4, -0.2) is 11.0 Å². The van der Waals surface area contributed by atoms with E-state index in [1.54, 1.807) is 0 Å². The second kappa shape index (κ2) is 5.75. The molecule has 98 valence electrons. The minimum atomic E-state index is -0.510. The van der Waals surface area contributed by atoms with Crippen LogP contribution in [0.5, 0.6) is 5.75 Å². The summed E-state index contributed by atoms with van der Waals surface area (Å²) in [6.07, 6.45) is 0. The van der Waals surface area contributed by atoms with Gasteiger partial charge in [0.1, 0.15) is 11.6 Å². The minimum Gasteiger partial charge on any atom is -0.507 e. The molecule has 0 saturated carbocycles. The maximum atomic E-state index is 12.9. The number of hydrogen-bond donors (Lipinski definition) is 2. The Morgan fingerprint density at radius 3 is 2.68 bits per heavy atom. The van der Waals surface area contributed by atoms with Gasteiger partial charge in [-0.15, -0.1) is 0 Å². The van der Waals surface area contributed by atoms with E-state index in [1.165, 1.54) is 36.4 Å². The van der Waals surface area contributed by atoms with Gasteiger partial charge in [0.25, 0.3) is 5.91 Å². The van der Waals surface area contributed by atoms with Gasteiger partial charge in [-0.3, -0.25) is 4.79 Å². The quantitative estimate of drug-likeness (QED) is 0.759. The van der Waals surface area contributed by atoms with Crippen LogP contribution < -0.4 is 5.32 Å². The molecule has 1 amide bonds. The van der Waals surface area contributed by atoms with Gasteiger partial charge in [0, 0.05) is 8.59 Å². The van der Waals surface area contributed by atoms with Gasteiger partial charge in [-0.2, -0.15) is 0 Å². The molecule has 0 unspecified atom stereocenters. The lowest BCUT2D eigenvalue weighted by Gasteiger charge is -2.09. The summed E-state index contributed by atoms with van der Waals surface area (Å²) in [7, 11) is 0. The summed E-state index contributed by atoms with van der Waals surface area (Å²) < 4.78 is 13.5. The first-order chi connectivity index (χ1) is 8.97. The van der Waals surface area contributed by atoms with E-state index in [1.807, 2.05) is 22.6 Å². The molecule has 2 N–H and O–H groups in total. The molecule has 0 aliphatic heterocycles. The fraction of sp³-hybridized carbons (Fsp3) is 0. The predicted molar refractivity (Wildman–Crippen MR) is 80.2 cm³/mol. The number of halogens is 3. The molecule has 0 bridgehead atoms. The molecule has 0 heterocycles. The number of carbonyl (C=O) groups is 1. The van der Waals surface area contributed by atoms with E-state index >= 15 is 0 Å². The maximum Gasteiger partial charge on any atom is 0.259 e. The second-order valence-electron chi connectivity index (χ2n) is 3.74. The third kappa shape index (κ3) is 3.36. The summed E-state index contributed by atoms with van der Waals surface area (Å²) in [5.41, 5.74) is 0.527. The van der Waals surface area contributed by atoms with Gasteiger partial charge in [0.2, 0.25) is 0 Å². The number of rotatable bonds is 2. The number of carbonyl (C=O) groups excluding carboxylic acids is 1. The van der Waals surface area contributed by atoms with E-state index in [0.717, 1.165) is 0 Å². The van der Waals surface area contributed by atoms with Crippen LogP contribution in [0.15, 0.2) is 36.4 Å². The van der Waals surface area contributed by atoms with Crippen LogP contribution in [0.2, 0.25) is 5.02 Å². The summed E-state index contributed by atoms with van der Waals surface area (Å²) in [5, 5.41) is 12.5. The van der Waals surface area contributed by atoms with E-state index in [-0.39, 0.29) is 17.1 Å². The smallest absolute Gasteiger partial charge is 0.259 e. The van der Waals surface area contributed by atoms with Gasteiger partial charge in [-0.05, 0) is 59.0 Å². The molecule has 0 radical (unpaired) electrons. The van der Waals surface area contributed by atoms with Crippen molar-refractivity contribution in [3.8, 4) is 5.75 Å². The average Bonchev–Trinajstić information content (AvgIpc) is 2.35. The van der Waals surface area contributed by atoms with E-state index < -0.39 is 5.91 Å². The molecule has 0 aromatic heterocycles. The van der Waals surface area contributed by atoms with Crippen LogP contribution in [0.4, 0.5) is 10.1 Å². The normalized spacial score (nSPS) is 10.3. The van der Waals surface area contributed by atoms with Crippen LogP contribution >= 0.6 is 34.2 Å². The number of nitrogens with one attached hydrogen (secondary N) is 1. The fourth-order valence-corrected chi connectivity index (χ4v) is 2.25. The van der Waals surface area contributed by atoms with Crippen LogP contribution in [-0.2, 0) is 0 Å². The Balaban J connectivity index is 2.28. The summed E-state index contributed by atoms with van der Waals surface area (Å²) in [6.45, 7) is 0. The molecule has 2 rings (SSSR count). The first-order valence-corrected chi connectivity index (χ1v) is 6.68. The van der Waals surface area contributed by atoms with Crippen LogP contribution in [0, 0.1) is 9.39 Å². The monoisotopic (exact) mass is 391 g/mol. The van der Waals surface area contributed by atoms with Crippen molar-refractivity contribution in [2.45, 2.75) is 0 Å². The van der Waals surface area contributed by atoms with E-state index in [4.69, 9.17) is 11.6 Å². The summed E-state index contributed by atoms with van der Waals surface area (Å²) in [6, 6.07) is 8.19. The molecule has 0 fully saturated rings. The first-order valence-electron chi connectivity index (χ1n) is 5.22. The standard InChI is InChI=1S/C13H8ClFINO2/c14-7-1-4-12(18)9(5-7)13(19)17-11-3-2-8(15)6-10(11)16/h1-6,18H,(H,17,19). The largest absolute Gasteiger partial charge is 0.507 e. The molecular weight excluding hydrogens is 384 g/mol. The first kappa shape index (κ1) is 14.1. The van der Waals surface area contributed by atoms with Gasteiger partial charge in [0.15, 0.2) is 0 Å². The predicted octanol–water partition coefficient (Wildman–Crippen LogP) is 4.04. The summed E-state index contributed by atoms with van der Waals surface area (Å²) in [5.74, 6) is -1.06. The second-order valence-corrected chi connectivity index (χ2v) is 5.34. The Labute approximate surface area is 127 Å². The van der Waals surface area contributed by atoms with Gasteiger partial charge < -0.3 is 10.4 Å². The molecule has 0 aliphatic carbocycles. The number of phenolic OH excluding ortho intramolecular Hbond substituents is 1. The van der Waals surface area contributed by atoms with Crippen molar-refractivity contribution in [3.63, 3.8) is 0 Å². The highest BCUT2D eigenvalue weighted by Gasteiger charge is 2.13. The highest BCUT2D eigenvalue weighted by molar-refractivity contribution is 14.1. The van der Waals surface area contributed by atoms with Crippen molar-refractivity contribution < 1.29 is 14.3 Å². The van der Waals surface area contributed by atoms with Crippen molar-refractivity contribution in [2.75, 3.05) is 5.32 Å². The Kier molecular flexibility index (Phi) is 4.26. The Morgan fingerprint density at radius 2 is 2.00 bits per heavy atom. The fourth-order valence-electron chi connectivity index (χ4n) is 1.47. The minimum absolute atomic E-state index is 0.0626. The van der Waals surface area contributed by atoms with Crippen molar-refractivity contribution in [3.05, 3.63) is 56.4 Å². The molecule has 3 nitrogen and oxygen atoms in total.